The number of carbonyl (C=O) groups is 1. The van der Waals surface area contributed by atoms with Crippen LogP contribution in [0.2, 0.25) is 0 Å². The standard InChI is InChI=1S/C13H18ClNO2/c1-10-5-4-6-11(2)13(10)17-8-7-15(3)12(16)9-14/h4-6H,7-9H2,1-3H3. The van der Waals surface area contributed by atoms with Crippen LogP contribution >= 0.6 is 11.6 Å². The van der Waals surface area contributed by atoms with E-state index in [0.29, 0.717) is 13.2 Å². The van der Waals surface area contributed by atoms with Crippen LogP contribution in [0.15, 0.2) is 18.2 Å². The minimum Gasteiger partial charge on any atom is -0.491 e. The minimum atomic E-state index is -0.0863. The SMILES string of the molecule is Cc1cccc(C)c1OCCN(C)C(=O)CCl. The first-order valence-electron chi connectivity index (χ1n) is 5.55. The highest BCUT2D eigenvalue weighted by Crippen LogP contribution is 2.21. The minimum absolute atomic E-state index is 0.0138. The lowest BCUT2D eigenvalue weighted by Crippen LogP contribution is -2.31. The molecule has 4 heteroatoms. The van der Waals surface area contributed by atoms with Gasteiger partial charge in [0.25, 0.3) is 0 Å². The molecule has 0 saturated heterocycles. The number of alkyl halides is 1. The van der Waals surface area contributed by atoms with Gasteiger partial charge in [-0.25, -0.2) is 0 Å². The first-order chi connectivity index (χ1) is 8.06. The topological polar surface area (TPSA) is 29.5 Å². The van der Waals surface area contributed by atoms with E-state index in [1.165, 1.54) is 0 Å². The van der Waals surface area contributed by atoms with Gasteiger partial charge in [-0.15, -0.1) is 11.6 Å². The fourth-order valence-electron chi connectivity index (χ4n) is 1.54. The summed E-state index contributed by atoms with van der Waals surface area (Å²) in [7, 11) is 1.72. The number of halogens is 1. The first-order valence-corrected chi connectivity index (χ1v) is 6.08. The molecule has 0 aliphatic heterocycles. The van der Waals surface area contributed by atoms with Crippen molar-refractivity contribution >= 4 is 17.5 Å². The molecule has 0 bridgehead atoms. The molecule has 0 heterocycles. The van der Waals surface area contributed by atoms with Gasteiger partial charge in [-0.05, 0) is 25.0 Å². The molecule has 1 rings (SSSR count). The molecule has 0 N–H and O–H groups in total. The number of hydrogen-bond acceptors (Lipinski definition) is 2. The van der Waals surface area contributed by atoms with Gasteiger partial charge in [0.2, 0.25) is 5.91 Å². The van der Waals surface area contributed by atoms with Gasteiger partial charge in [0.1, 0.15) is 18.2 Å². The van der Waals surface area contributed by atoms with E-state index >= 15 is 0 Å². The molecular formula is C13H18ClNO2. The third kappa shape index (κ3) is 3.93. The Balaban J connectivity index is 2.49. The zero-order valence-electron chi connectivity index (χ0n) is 10.5. The average molecular weight is 256 g/mol. The van der Waals surface area contributed by atoms with Crippen molar-refractivity contribution in [2.24, 2.45) is 0 Å². The van der Waals surface area contributed by atoms with Crippen LogP contribution in [0.4, 0.5) is 0 Å². The summed E-state index contributed by atoms with van der Waals surface area (Å²) in [5, 5.41) is 0. The largest absolute Gasteiger partial charge is 0.491 e. The molecule has 0 unspecified atom stereocenters. The lowest BCUT2D eigenvalue weighted by Gasteiger charge is -2.17. The van der Waals surface area contributed by atoms with Crippen LogP contribution in [0, 0.1) is 13.8 Å². The Morgan fingerprint density at radius 1 is 1.35 bits per heavy atom. The highest BCUT2D eigenvalue weighted by atomic mass is 35.5. The average Bonchev–Trinajstić information content (AvgIpc) is 2.31. The number of aryl methyl sites for hydroxylation is 2. The molecule has 0 saturated carbocycles. The molecule has 0 atom stereocenters. The number of ether oxygens (including phenoxy) is 1. The van der Waals surface area contributed by atoms with Crippen LogP contribution in [0.5, 0.6) is 5.75 Å². The number of nitrogens with zero attached hydrogens (tertiary/aromatic N) is 1. The van der Waals surface area contributed by atoms with Gasteiger partial charge in [0.15, 0.2) is 0 Å². The van der Waals surface area contributed by atoms with Crippen molar-refractivity contribution in [1.29, 1.82) is 0 Å². The van der Waals surface area contributed by atoms with Crippen molar-refractivity contribution in [3.05, 3.63) is 29.3 Å². The predicted octanol–water partition coefficient (Wildman–Crippen LogP) is 2.38. The van der Waals surface area contributed by atoms with E-state index < -0.39 is 0 Å². The van der Waals surface area contributed by atoms with Crippen LogP contribution in [-0.4, -0.2) is 36.9 Å². The van der Waals surface area contributed by atoms with E-state index in [1.807, 2.05) is 32.0 Å². The Labute approximate surface area is 107 Å². The second-order valence-electron chi connectivity index (χ2n) is 4.02. The second-order valence-corrected chi connectivity index (χ2v) is 4.29. The number of carbonyl (C=O) groups excluding carboxylic acids is 1. The molecule has 0 radical (unpaired) electrons. The fraction of sp³-hybridized carbons (Fsp3) is 0.462. The summed E-state index contributed by atoms with van der Waals surface area (Å²) < 4.78 is 5.70. The maximum atomic E-state index is 11.2. The van der Waals surface area contributed by atoms with E-state index in [9.17, 15) is 4.79 Å². The van der Waals surface area contributed by atoms with Crippen LogP contribution in [0.3, 0.4) is 0 Å². The van der Waals surface area contributed by atoms with Crippen molar-refractivity contribution in [3.8, 4) is 5.75 Å². The monoisotopic (exact) mass is 255 g/mol. The zero-order valence-corrected chi connectivity index (χ0v) is 11.3. The molecule has 17 heavy (non-hydrogen) atoms. The molecule has 0 aliphatic rings. The molecule has 0 spiro atoms. The van der Waals surface area contributed by atoms with Gasteiger partial charge >= 0.3 is 0 Å². The number of benzene rings is 1. The Hall–Kier alpha value is -1.22. The second kappa shape index (κ2) is 6.50. The summed E-state index contributed by atoms with van der Waals surface area (Å²) in [4.78, 5) is 12.8. The van der Waals surface area contributed by atoms with Crippen LogP contribution in [0.1, 0.15) is 11.1 Å². The maximum Gasteiger partial charge on any atom is 0.237 e. The zero-order chi connectivity index (χ0) is 12.8. The van der Waals surface area contributed by atoms with Gasteiger partial charge in [-0.2, -0.15) is 0 Å². The Morgan fingerprint density at radius 2 is 1.94 bits per heavy atom. The Bertz CT molecular complexity index is 373. The van der Waals surface area contributed by atoms with E-state index in [4.69, 9.17) is 16.3 Å². The van der Waals surface area contributed by atoms with Crippen LogP contribution < -0.4 is 4.74 Å². The summed E-state index contributed by atoms with van der Waals surface area (Å²) in [6, 6.07) is 6.02. The molecule has 0 fully saturated rings. The smallest absolute Gasteiger partial charge is 0.237 e. The predicted molar refractivity (Wildman–Crippen MR) is 69.8 cm³/mol. The van der Waals surface area contributed by atoms with Crippen molar-refractivity contribution in [3.63, 3.8) is 0 Å². The van der Waals surface area contributed by atoms with Crippen molar-refractivity contribution in [1.82, 2.24) is 4.90 Å². The molecular weight excluding hydrogens is 238 g/mol. The highest BCUT2D eigenvalue weighted by Gasteiger charge is 2.07. The van der Waals surface area contributed by atoms with Gasteiger partial charge in [-0.1, -0.05) is 18.2 Å². The molecule has 0 aromatic heterocycles. The third-order valence-electron chi connectivity index (χ3n) is 2.62. The number of amides is 1. The third-order valence-corrected chi connectivity index (χ3v) is 2.85. The molecule has 94 valence electrons. The van der Waals surface area contributed by atoms with E-state index in [2.05, 4.69) is 0 Å². The van der Waals surface area contributed by atoms with Crippen LogP contribution in [0.25, 0.3) is 0 Å². The Kier molecular flexibility index (Phi) is 5.29. The van der Waals surface area contributed by atoms with E-state index in [0.717, 1.165) is 16.9 Å². The number of rotatable bonds is 5. The summed E-state index contributed by atoms with van der Waals surface area (Å²) in [6.07, 6.45) is 0. The normalized spacial score (nSPS) is 10.1. The first kappa shape index (κ1) is 13.8. The van der Waals surface area contributed by atoms with Gasteiger partial charge in [0.05, 0.1) is 6.54 Å². The molecule has 0 aliphatic carbocycles. The molecule has 3 nitrogen and oxygen atoms in total. The van der Waals surface area contributed by atoms with Crippen molar-refractivity contribution in [2.45, 2.75) is 13.8 Å². The number of likely N-dealkylation sites (N-methyl/N-ethyl adjacent to an activating group) is 1. The molecule has 1 amide bonds. The van der Waals surface area contributed by atoms with Gasteiger partial charge < -0.3 is 9.64 Å². The number of para-hydroxylation sites is 1. The lowest BCUT2D eigenvalue weighted by atomic mass is 10.1. The van der Waals surface area contributed by atoms with Gasteiger partial charge in [-0.3, -0.25) is 4.79 Å². The Morgan fingerprint density at radius 3 is 2.47 bits per heavy atom. The van der Waals surface area contributed by atoms with Crippen LogP contribution in [-0.2, 0) is 4.79 Å². The summed E-state index contributed by atoms with van der Waals surface area (Å²) in [5.41, 5.74) is 2.22. The molecule has 1 aromatic carbocycles. The summed E-state index contributed by atoms with van der Waals surface area (Å²) >= 11 is 5.46. The quantitative estimate of drug-likeness (QED) is 0.756. The van der Waals surface area contributed by atoms with Crippen molar-refractivity contribution in [2.75, 3.05) is 26.1 Å². The van der Waals surface area contributed by atoms with E-state index in [1.54, 1.807) is 11.9 Å². The maximum absolute atomic E-state index is 11.2. The highest BCUT2D eigenvalue weighted by molar-refractivity contribution is 6.27. The summed E-state index contributed by atoms with van der Waals surface area (Å²) in [5.74, 6) is 0.830. The van der Waals surface area contributed by atoms with Crippen molar-refractivity contribution < 1.29 is 9.53 Å². The van der Waals surface area contributed by atoms with E-state index in [-0.39, 0.29) is 11.8 Å². The molecule has 1 aromatic rings. The number of hydrogen-bond donors (Lipinski definition) is 0. The van der Waals surface area contributed by atoms with Gasteiger partial charge in [0, 0.05) is 7.05 Å². The lowest BCUT2D eigenvalue weighted by molar-refractivity contribution is -0.127. The fourth-order valence-corrected chi connectivity index (χ4v) is 1.74. The summed E-state index contributed by atoms with van der Waals surface area (Å²) in [6.45, 7) is 5.04.